The number of aromatic nitrogens is 3. The number of nitrogens with zero attached hydrogens (tertiary/aromatic N) is 3. The van der Waals surface area contributed by atoms with Gasteiger partial charge in [0.25, 0.3) is 0 Å². The lowest BCUT2D eigenvalue weighted by molar-refractivity contribution is -0.120. The maximum atomic E-state index is 12.5. The van der Waals surface area contributed by atoms with Gasteiger partial charge in [-0.2, -0.15) is 5.10 Å². The molecule has 0 bridgehead atoms. The molecule has 0 aliphatic heterocycles. The van der Waals surface area contributed by atoms with Crippen molar-refractivity contribution in [1.82, 2.24) is 14.8 Å². The lowest BCUT2D eigenvalue weighted by Crippen LogP contribution is -2.24. The maximum absolute atomic E-state index is 12.5. The number of rotatable bonds is 3. The molecule has 19 heavy (non-hydrogen) atoms. The molecule has 0 aromatic carbocycles. The minimum Gasteiger partial charge on any atom is -0.292 e. The van der Waals surface area contributed by atoms with Crippen LogP contribution < -0.4 is 0 Å². The second kappa shape index (κ2) is 5.27. The molecule has 2 rings (SSSR count). The molecule has 0 radical (unpaired) electrons. The van der Waals surface area contributed by atoms with Crippen molar-refractivity contribution in [3.05, 3.63) is 34.0 Å². The minimum absolute atomic E-state index is 0.00234. The topological polar surface area (TPSA) is 47.8 Å². The molecule has 0 saturated carbocycles. The van der Waals surface area contributed by atoms with Crippen LogP contribution in [0.15, 0.2) is 24.8 Å². The Bertz CT molecular complexity index is 608. The highest BCUT2D eigenvalue weighted by Gasteiger charge is 2.26. The van der Waals surface area contributed by atoms with Gasteiger partial charge in [0.15, 0.2) is 5.78 Å². The van der Waals surface area contributed by atoms with Crippen molar-refractivity contribution < 1.29 is 4.79 Å². The van der Waals surface area contributed by atoms with E-state index in [1.54, 1.807) is 12.1 Å². The Hall–Kier alpha value is -1.46. The lowest BCUT2D eigenvalue weighted by atomic mass is 9.88. The van der Waals surface area contributed by atoms with Gasteiger partial charge < -0.3 is 0 Å². The summed E-state index contributed by atoms with van der Waals surface area (Å²) in [7, 11) is 0. The highest BCUT2D eigenvalue weighted by molar-refractivity contribution is 7.17. The molecule has 4 nitrogen and oxygen atoms in total. The standard InChI is InChI=1S/C13H14ClN3OS/c1-13(2,3)12(18)10(17-8-15-7-16-17)6-9-4-5-11(14)19-9/h4-8H,1-3H3. The largest absolute Gasteiger partial charge is 0.292 e. The monoisotopic (exact) mass is 295 g/mol. The van der Waals surface area contributed by atoms with E-state index in [2.05, 4.69) is 10.1 Å². The first-order chi connectivity index (χ1) is 8.88. The molecule has 0 N–H and O–H groups in total. The van der Waals surface area contributed by atoms with E-state index in [1.165, 1.54) is 28.7 Å². The Morgan fingerprint density at radius 3 is 2.63 bits per heavy atom. The van der Waals surface area contributed by atoms with Gasteiger partial charge in [0, 0.05) is 10.3 Å². The van der Waals surface area contributed by atoms with Crippen molar-refractivity contribution in [3.8, 4) is 0 Å². The zero-order chi connectivity index (χ0) is 14.0. The summed E-state index contributed by atoms with van der Waals surface area (Å²) in [5.74, 6) is 0.00234. The molecule has 0 saturated heterocycles. The summed E-state index contributed by atoms with van der Waals surface area (Å²) < 4.78 is 2.17. The van der Waals surface area contributed by atoms with Crippen molar-refractivity contribution in [1.29, 1.82) is 0 Å². The van der Waals surface area contributed by atoms with Crippen molar-refractivity contribution in [2.45, 2.75) is 20.8 Å². The average molecular weight is 296 g/mol. The van der Waals surface area contributed by atoms with Crippen LogP contribution in [-0.2, 0) is 4.79 Å². The van der Waals surface area contributed by atoms with E-state index < -0.39 is 5.41 Å². The number of allylic oxidation sites excluding steroid dienone is 1. The van der Waals surface area contributed by atoms with E-state index >= 15 is 0 Å². The number of Topliss-reactive ketones (excluding diaryl/α,β-unsaturated/α-hetero) is 1. The van der Waals surface area contributed by atoms with Crippen LogP contribution in [0.5, 0.6) is 0 Å². The van der Waals surface area contributed by atoms with Gasteiger partial charge in [-0.3, -0.25) is 4.79 Å². The Balaban J connectivity index is 2.47. The fourth-order valence-electron chi connectivity index (χ4n) is 1.49. The average Bonchev–Trinajstić information content (AvgIpc) is 2.95. The van der Waals surface area contributed by atoms with Crippen LogP contribution in [0.3, 0.4) is 0 Å². The number of thiophene rings is 1. The summed E-state index contributed by atoms with van der Waals surface area (Å²) in [5.41, 5.74) is 0.00210. The van der Waals surface area contributed by atoms with Crippen molar-refractivity contribution in [3.63, 3.8) is 0 Å². The number of hydrogen-bond acceptors (Lipinski definition) is 4. The van der Waals surface area contributed by atoms with E-state index in [4.69, 9.17) is 11.6 Å². The SMILES string of the molecule is CC(C)(C)C(=O)C(=Cc1ccc(Cl)s1)n1cncn1. The van der Waals surface area contributed by atoms with Gasteiger partial charge in [0.05, 0.1) is 4.34 Å². The first-order valence-electron chi connectivity index (χ1n) is 5.75. The van der Waals surface area contributed by atoms with Crippen LogP contribution in [0.2, 0.25) is 4.34 Å². The highest BCUT2D eigenvalue weighted by Crippen LogP contribution is 2.28. The predicted molar refractivity (Wildman–Crippen MR) is 78.0 cm³/mol. The lowest BCUT2D eigenvalue weighted by Gasteiger charge is -2.18. The summed E-state index contributed by atoms with van der Waals surface area (Å²) >= 11 is 7.32. The van der Waals surface area contributed by atoms with E-state index in [0.29, 0.717) is 10.0 Å². The summed E-state index contributed by atoms with van der Waals surface area (Å²) in [6.07, 6.45) is 4.72. The molecule has 6 heteroatoms. The quantitative estimate of drug-likeness (QED) is 0.813. The number of halogens is 1. The first kappa shape index (κ1) is 14.0. The van der Waals surface area contributed by atoms with Crippen LogP contribution in [0.25, 0.3) is 11.8 Å². The van der Waals surface area contributed by atoms with Gasteiger partial charge in [0.1, 0.15) is 18.4 Å². The molecule has 100 valence electrons. The van der Waals surface area contributed by atoms with E-state index in [9.17, 15) is 4.79 Å². The third kappa shape index (κ3) is 3.30. The van der Waals surface area contributed by atoms with Crippen molar-refractivity contribution in [2.24, 2.45) is 5.41 Å². The molecule has 0 atom stereocenters. The van der Waals surface area contributed by atoms with Gasteiger partial charge in [0.2, 0.25) is 0 Å². The zero-order valence-electron chi connectivity index (χ0n) is 10.9. The van der Waals surface area contributed by atoms with Crippen LogP contribution in [-0.4, -0.2) is 20.5 Å². The summed E-state index contributed by atoms with van der Waals surface area (Å²) in [6.45, 7) is 5.63. The summed E-state index contributed by atoms with van der Waals surface area (Å²) in [5, 5.41) is 4.04. The Kier molecular flexibility index (Phi) is 3.87. The molecule has 0 aliphatic rings. The molecule has 0 unspecified atom stereocenters. The van der Waals surface area contributed by atoms with Crippen LogP contribution in [0.1, 0.15) is 25.6 Å². The van der Waals surface area contributed by atoms with Gasteiger partial charge >= 0.3 is 0 Å². The smallest absolute Gasteiger partial charge is 0.186 e. The van der Waals surface area contributed by atoms with E-state index in [1.807, 2.05) is 26.8 Å². The first-order valence-corrected chi connectivity index (χ1v) is 6.94. The number of hydrogen-bond donors (Lipinski definition) is 0. The van der Waals surface area contributed by atoms with Crippen LogP contribution >= 0.6 is 22.9 Å². The van der Waals surface area contributed by atoms with Crippen molar-refractivity contribution >= 4 is 40.5 Å². The molecule has 0 aliphatic carbocycles. The predicted octanol–water partition coefficient (Wildman–Crippen LogP) is 3.61. The normalized spacial score (nSPS) is 12.7. The van der Waals surface area contributed by atoms with E-state index in [-0.39, 0.29) is 5.78 Å². The van der Waals surface area contributed by atoms with Crippen LogP contribution in [0.4, 0.5) is 0 Å². The molecule has 0 fully saturated rings. The minimum atomic E-state index is -0.487. The Morgan fingerprint density at radius 1 is 1.42 bits per heavy atom. The van der Waals surface area contributed by atoms with Gasteiger partial charge in [-0.05, 0) is 18.2 Å². The van der Waals surface area contributed by atoms with Gasteiger partial charge in [-0.15, -0.1) is 11.3 Å². The number of ketones is 1. The second-order valence-electron chi connectivity index (χ2n) is 5.09. The number of carbonyl (C=O) groups is 1. The third-order valence-electron chi connectivity index (χ3n) is 2.45. The molecular weight excluding hydrogens is 282 g/mol. The molecule has 0 amide bonds. The fourth-order valence-corrected chi connectivity index (χ4v) is 2.49. The third-order valence-corrected chi connectivity index (χ3v) is 3.63. The fraction of sp³-hybridized carbons (Fsp3) is 0.308. The molecule has 2 heterocycles. The highest BCUT2D eigenvalue weighted by atomic mass is 35.5. The Labute approximate surface area is 120 Å². The molecule has 2 aromatic heterocycles. The number of carbonyl (C=O) groups excluding carboxylic acids is 1. The van der Waals surface area contributed by atoms with Crippen LogP contribution in [0, 0.1) is 5.41 Å². The molecular formula is C13H14ClN3OS. The van der Waals surface area contributed by atoms with E-state index in [0.717, 1.165) is 4.88 Å². The summed E-state index contributed by atoms with van der Waals surface area (Å²) in [4.78, 5) is 17.3. The second-order valence-corrected chi connectivity index (χ2v) is 6.84. The molecule has 0 spiro atoms. The maximum Gasteiger partial charge on any atom is 0.186 e. The summed E-state index contributed by atoms with van der Waals surface area (Å²) in [6, 6.07) is 3.68. The van der Waals surface area contributed by atoms with Crippen molar-refractivity contribution in [2.75, 3.05) is 0 Å². The van der Waals surface area contributed by atoms with Gasteiger partial charge in [-0.25, -0.2) is 9.67 Å². The zero-order valence-corrected chi connectivity index (χ0v) is 12.5. The molecule has 2 aromatic rings. The Morgan fingerprint density at radius 2 is 2.16 bits per heavy atom. The van der Waals surface area contributed by atoms with Gasteiger partial charge in [-0.1, -0.05) is 32.4 Å².